The Morgan fingerprint density at radius 1 is 1.29 bits per heavy atom. The summed E-state index contributed by atoms with van der Waals surface area (Å²) in [5, 5.41) is 11.7. The molecule has 0 aromatic carbocycles. The number of pyridine rings is 1. The topological polar surface area (TPSA) is 105 Å². The molecular weight excluding hydrogens is 270 g/mol. The molecule has 2 rings (SSSR count). The van der Waals surface area contributed by atoms with Crippen LogP contribution in [-0.2, 0) is 11.3 Å². The van der Waals surface area contributed by atoms with E-state index in [9.17, 15) is 9.59 Å². The van der Waals surface area contributed by atoms with Crippen LogP contribution in [0, 0.1) is 11.8 Å². The van der Waals surface area contributed by atoms with Gasteiger partial charge in [-0.2, -0.15) is 0 Å². The molecule has 1 aromatic rings. The molecule has 0 radical (unpaired) electrons. The molecule has 6 heteroatoms. The molecule has 0 aliphatic heterocycles. The summed E-state index contributed by atoms with van der Waals surface area (Å²) in [6.45, 7) is 1.08. The van der Waals surface area contributed by atoms with Crippen LogP contribution >= 0.6 is 0 Å². The maximum Gasteiger partial charge on any atom is 0.354 e. The smallest absolute Gasteiger partial charge is 0.354 e. The van der Waals surface area contributed by atoms with Gasteiger partial charge in [0, 0.05) is 18.7 Å². The number of aromatic nitrogens is 1. The van der Waals surface area contributed by atoms with Gasteiger partial charge in [-0.15, -0.1) is 0 Å². The van der Waals surface area contributed by atoms with Gasteiger partial charge in [0.05, 0.1) is 0 Å². The van der Waals surface area contributed by atoms with Crippen molar-refractivity contribution in [1.82, 2.24) is 10.3 Å². The average molecular weight is 291 g/mol. The zero-order valence-electron chi connectivity index (χ0n) is 11.9. The fourth-order valence-electron chi connectivity index (χ4n) is 2.65. The Kier molecular flexibility index (Phi) is 5.27. The van der Waals surface area contributed by atoms with E-state index in [1.54, 1.807) is 6.07 Å². The predicted molar refractivity (Wildman–Crippen MR) is 77.5 cm³/mol. The van der Waals surface area contributed by atoms with E-state index in [4.69, 9.17) is 10.8 Å². The number of nitrogens with one attached hydrogen (secondary N) is 1. The summed E-state index contributed by atoms with van der Waals surface area (Å²) >= 11 is 0. The van der Waals surface area contributed by atoms with Crippen LogP contribution in [0.3, 0.4) is 0 Å². The van der Waals surface area contributed by atoms with Crippen LogP contribution in [0.4, 0.5) is 0 Å². The molecule has 1 aromatic heterocycles. The second-order valence-electron chi connectivity index (χ2n) is 5.53. The third-order valence-corrected chi connectivity index (χ3v) is 4.06. The number of nitrogens with two attached hydrogens (primary N) is 1. The number of hydrogen-bond acceptors (Lipinski definition) is 4. The van der Waals surface area contributed by atoms with E-state index in [1.165, 1.54) is 12.3 Å². The van der Waals surface area contributed by atoms with Crippen molar-refractivity contribution in [3.8, 4) is 0 Å². The van der Waals surface area contributed by atoms with E-state index in [2.05, 4.69) is 10.3 Å². The van der Waals surface area contributed by atoms with E-state index in [0.717, 1.165) is 31.2 Å². The van der Waals surface area contributed by atoms with Crippen LogP contribution in [0.5, 0.6) is 0 Å². The number of carboxylic acids is 1. The van der Waals surface area contributed by atoms with Gasteiger partial charge in [-0.25, -0.2) is 9.78 Å². The Morgan fingerprint density at radius 3 is 2.52 bits per heavy atom. The first-order valence-electron chi connectivity index (χ1n) is 7.26. The highest BCUT2D eigenvalue weighted by Crippen LogP contribution is 2.28. The van der Waals surface area contributed by atoms with E-state index in [0.29, 0.717) is 19.0 Å². The van der Waals surface area contributed by atoms with Crippen molar-refractivity contribution in [2.24, 2.45) is 17.6 Å². The van der Waals surface area contributed by atoms with Gasteiger partial charge in [-0.05, 0) is 49.8 Å². The predicted octanol–water partition coefficient (Wildman–Crippen LogP) is 1.16. The minimum absolute atomic E-state index is 0.00480. The number of rotatable bonds is 5. The second kappa shape index (κ2) is 7.17. The first-order chi connectivity index (χ1) is 10.1. The zero-order valence-corrected chi connectivity index (χ0v) is 11.9. The van der Waals surface area contributed by atoms with Gasteiger partial charge in [0.2, 0.25) is 5.91 Å². The molecular formula is C15H21N3O3. The summed E-state index contributed by atoms with van der Waals surface area (Å²) in [6.07, 6.45) is 5.30. The SMILES string of the molecule is NCC1CCC(C(=O)NCc2ccc(C(=O)O)nc2)CC1. The highest BCUT2D eigenvalue weighted by Gasteiger charge is 2.25. The zero-order chi connectivity index (χ0) is 15.2. The van der Waals surface area contributed by atoms with Gasteiger partial charge in [0.25, 0.3) is 0 Å². The fourth-order valence-corrected chi connectivity index (χ4v) is 2.65. The van der Waals surface area contributed by atoms with Crippen molar-refractivity contribution in [2.45, 2.75) is 32.2 Å². The number of aromatic carboxylic acids is 1. The largest absolute Gasteiger partial charge is 0.477 e. The second-order valence-corrected chi connectivity index (χ2v) is 5.53. The van der Waals surface area contributed by atoms with Gasteiger partial charge in [-0.3, -0.25) is 4.79 Å². The molecule has 1 fully saturated rings. The van der Waals surface area contributed by atoms with Crippen LogP contribution < -0.4 is 11.1 Å². The van der Waals surface area contributed by atoms with Crippen LogP contribution in [-0.4, -0.2) is 28.5 Å². The summed E-state index contributed by atoms with van der Waals surface area (Å²) in [7, 11) is 0. The van der Waals surface area contributed by atoms with Crippen molar-refractivity contribution in [2.75, 3.05) is 6.54 Å². The monoisotopic (exact) mass is 291 g/mol. The molecule has 114 valence electrons. The van der Waals surface area contributed by atoms with Crippen LogP contribution in [0.25, 0.3) is 0 Å². The Bertz CT molecular complexity index is 493. The lowest BCUT2D eigenvalue weighted by Gasteiger charge is -2.26. The number of amides is 1. The molecule has 0 atom stereocenters. The van der Waals surface area contributed by atoms with E-state index < -0.39 is 5.97 Å². The highest BCUT2D eigenvalue weighted by atomic mass is 16.4. The molecule has 1 aliphatic rings. The molecule has 0 bridgehead atoms. The lowest BCUT2D eigenvalue weighted by atomic mass is 9.81. The molecule has 0 spiro atoms. The highest BCUT2D eigenvalue weighted by molar-refractivity contribution is 5.85. The molecule has 1 amide bonds. The van der Waals surface area contributed by atoms with E-state index >= 15 is 0 Å². The van der Waals surface area contributed by atoms with Crippen LogP contribution in [0.2, 0.25) is 0 Å². The summed E-state index contributed by atoms with van der Waals surface area (Å²) in [6, 6.07) is 3.11. The third kappa shape index (κ3) is 4.26. The molecule has 21 heavy (non-hydrogen) atoms. The van der Waals surface area contributed by atoms with Crippen molar-refractivity contribution < 1.29 is 14.7 Å². The fraction of sp³-hybridized carbons (Fsp3) is 0.533. The number of hydrogen-bond donors (Lipinski definition) is 3. The van der Waals surface area contributed by atoms with E-state index in [-0.39, 0.29) is 17.5 Å². The summed E-state index contributed by atoms with van der Waals surface area (Å²) in [5.74, 6) is -0.365. The molecule has 1 saturated carbocycles. The van der Waals surface area contributed by atoms with Gasteiger partial charge < -0.3 is 16.2 Å². The van der Waals surface area contributed by atoms with Crippen LogP contribution in [0.1, 0.15) is 41.7 Å². The van der Waals surface area contributed by atoms with Crippen molar-refractivity contribution in [3.63, 3.8) is 0 Å². The van der Waals surface area contributed by atoms with E-state index in [1.807, 2.05) is 0 Å². The molecule has 0 saturated heterocycles. The third-order valence-electron chi connectivity index (χ3n) is 4.06. The maximum atomic E-state index is 12.1. The Hall–Kier alpha value is -1.95. The molecule has 0 unspecified atom stereocenters. The summed E-state index contributed by atoms with van der Waals surface area (Å²) in [4.78, 5) is 26.6. The van der Waals surface area contributed by atoms with Gasteiger partial charge in [0.15, 0.2) is 0 Å². The Morgan fingerprint density at radius 2 is 2.00 bits per heavy atom. The molecule has 4 N–H and O–H groups in total. The van der Waals surface area contributed by atoms with Crippen molar-refractivity contribution in [1.29, 1.82) is 0 Å². The van der Waals surface area contributed by atoms with Gasteiger partial charge in [-0.1, -0.05) is 6.07 Å². The minimum atomic E-state index is -1.05. The number of carbonyl (C=O) groups is 2. The molecule has 6 nitrogen and oxygen atoms in total. The number of nitrogens with zero attached hydrogens (tertiary/aromatic N) is 1. The molecule has 1 aliphatic carbocycles. The Labute approximate surface area is 123 Å². The standard InChI is InChI=1S/C15H21N3O3/c16-7-10-1-4-12(5-2-10)14(19)18-9-11-3-6-13(15(20)21)17-8-11/h3,6,8,10,12H,1-2,4-5,7,9,16H2,(H,18,19)(H,20,21). The van der Waals surface area contributed by atoms with Crippen molar-refractivity contribution in [3.05, 3.63) is 29.6 Å². The first-order valence-corrected chi connectivity index (χ1v) is 7.26. The van der Waals surface area contributed by atoms with Crippen molar-refractivity contribution >= 4 is 11.9 Å². The lowest BCUT2D eigenvalue weighted by Crippen LogP contribution is -2.34. The maximum absolute atomic E-state index is 12.1. The lowest BCUT2D eigenvalue weighted by molar-refractivity contribution is -0.126. The van der Waals surface area contributed by atoms with Crippen LogP contribution in [0.15, 0.2) is 18.3 Å². The van der Waals surface area contributed by atoms with Gasteiger partial charge >= 0.3 is 5.97 Å². The number of carbonyl (C=O) groups excluding carboxylic acids is 1. The van der Waals surface area contributed by atoms with Gasteiger partial charge in [0.1, 0.15) is 5.69 Å². The minimum Gasteiger partial charge on any atom is -0.477 e. The normalized spacial score (nSPS) is 21.8. The quantitative estimate of drug-likeness (QED) is 0.755. The average Bonchev–Trinajstić information content (AvgIpc) is 2.53. The molecule has 1 heterocycles. The Balaban J connectivity index is 1.80. The summed E-state index contributed by atoms with van der Waals surface area (Å²) in [5.41, 5.74) is 6.44. The first kappa shape index (κ1) is 15.4. The number of carboxylic acid groups (broad SMARTS) is 1. The summed E-state index contributed by atoms with van der Waals surface area (Å²) < 4.78 is 0.